The van der Waals surface area contributed by atoms with Gasteiger partial charge >= 0.3 is 0 Å². The van der Waals surface area contributed by atoms with Gasteiger partial charge in [0.1, 0.15) is 0 Å². The molecule has 2 heterocycles. The second-order valence-corrected chi connectivity index (χ2v) is 6.60. The number of nitrogens with zero attached hydrogens (tertiary/aromatic N) is 3. The molecule has 0 unspecified atom stereocenters. The second-order valence-electron chi connectivity index (χ2n) is 6.60. The topological polar surface area (TPSA) is 61.8 Å². The van der Waals surface area contributed by atoms with E-state index in [4.69, 9.17) is 9.73 Å². The van der Waals surface area contributed by atoms with E-state index >= 15 is 0 Å². The highest BCUT2D eigenvalue weighted by Crippen LogP contribution is 2.16. The fourth-order valence-corrected chi connectivity index (χ4v) is 2.74. The summed E-state index contributed by atoms with van der Waals surface area (Å²) in [7, 11) is 0. The summed E-state index contributed by atoms with van der Waals surface area (Å²) >= 11 is 0. The Bertz CT molecular complexity index is 497. The maximum atomic E-state index is 5.45. The highest BCUT2D eigenvalue weighted by Gasteiger charge is 2.27. The molecule has 2 N–H and O–H groups in total. The van der Waals surface area contributed by atoms with Crippen LogP contribution in [0.3, 0.4) is 0 Å². The van der Waals surface area contributed by atoms with Crippen LogP contribution >= 0.6 is 0 Å². The molecule has 1 aromatic heterocycles. The van der Waals surface area contributed by atoms with Crippen molar-refractivity contribution in [2.45, 2.75) is 32.7 Å². The first kappa shape index (κ1) is 18.7. The van der Waals surface area contributed by atoms with Gasteiger partial charge in [-0.1, -0.05) is 6.07 Å². The van der Waals surface area contributed by atoms with E-state index < -0.39 is 0 Å². The number of nitrogens with one attached hydrogen (secondary N) is 2. The van der Waals surface area contributed by atoms with Crippen LogP contribution in [-0.4, -0.2) is 67.3 Å². The van der Waals surface area contributed by atoms with Gasteiger partial charge in [-0.15, -0.1) is 0 Å². The fraction of sp³-hybridized carbons (Fsp3) is 0.667. The van der Waals surface area contributed by atoms with Crippen LogP contribution in [0, 0.1) is 0 Å². The van der Waals surface area contributed by atoms with Crippen molar-refractivity contribution in [3.8, 4) is 0 Å². The third-order valence-electron chi connectivity index (χ3n) is 4.24. The van der Waals surface area contributed by atoms with Gasteiger partial charge < -0.3 is 15.4 Å². The van der Waals surface area contributed by atoms with Crippen LogP contribution in [0.1, 0.15) is 26.5 Å². The Morgan fingerprint density at radius 2 is 2.08 bits per heavy atom. The Morgan fingerprint density at radius 3 is 2.75 bits per heavy atom. The molecule has 6 nitrogen and oxygen atoms in total. The molecule has 0 atom stereocenters. The molecule has 1 saturated heterocycles. The lowest BCUT2D eigenvalue weighted by molar-refractivity contribution is -0.00683. The molecule has 0 bridgehead atoms. The molecular formula is C18H31N5O. The number of aromatic nitrogens is 1. The van der Waals surface area contributed by atoms with Crippen molar-refractivity contribution in [1.82, 2.24) is 20.5 Å². The average Bonchev–Trinajstić information content (AvgIpc) is 2.61. The third-order valence-corrected chi connectivity index (χ3v) is 4.24. The normalized spacial score (nSPS) is 16.9. The summed E-state index contributed by atoms with van der Waals surface area (Å²) in [5.74, 6) is 0.870. The van der Waals surface area contributed by atoms with Crippen LogP contribution in [0.4, 0.5) is 0 Å². The number of aliphatic imine (C=N–C) groups is 1. The van der Waals surface area contributed by atoms with Crippen LogP contribution < -0.4 is 10.6 Å². The lowest BCUT2D eigenvalue weighted by Crippen LogP contribution is -2.52. The first-order chi connectivity index (χ1) is 11.6. The fourth-order valence-electron chi connectivity index (χ4n) is 2.74. The maximum Gasteiger partial charge on any atom is 0.191 e. The summed E-state index contributed by atoms with van der Waals surface area (Å²) in [6.07, 6.45) is 2.72. The minimum atomic E-state index is 0.0348. The van der Waals surface area contributed by atoms with E-state index in [1.165, 1.54) is 0 Å². The predicted octanol–water partition coefficient (Wildman–Crippen LogP) is 1.29. The van der Waals surface area contributed by atoms with Gasteiger partial charge in [0.2, 0.25) is 0 Å². The van der Waals surface area contributed by atoms with Crippen LogP contribution in [0.2, 0.25) is 0 Å². The van der Waals surface area contributed by atoms with Crippen molar-refractivity contribution in [2.24, 2.45) is 4.99 Å². The van der Waals surface area contributed by atoms with Crippen LogP contribution in [0.25, 0.3) is 0 Å². The quantitative estimate of drug-likeness (QED) is 0.582. The van der Waals surface area contributed by atoms with Gasteiger partial charge in [-0.3, -0.25) is 14.9 Å². The number of morpholine rings is 1. The zero-order valence-electron chi connectivity index (χ0n) is 15.2. The molecule has 0 saturated carbocycles. The SMILES string of the molecule is CCNC(=NCC(C)(C)N1CCOCC1)NCCc1ccccn1. The van der Waals surface area contributed by atoms with Crippen LogP contribution in [0.5, 0.6) is 0 Å². The minimum Gasteiger partial charge on any atom is -0.379 e. The number of guanidine groups is 1. The predicted molar refractivity (Wildman–Crippen MR) is 98.4 cm³/mol. The molecule has 24 heavy (non-hydrogen) atoms. The third kappa shape index (κ3) is 6.09. The Morgan fingerprint density at radius 1 is 1.29 bits per heavy atom. The van der Waals surface area contributed by atoms with E-state index in [0.29, 0.717) is 0 Å². The number of hydrogen-bond donors (Lipinski definition) is 2. The van der Waals surface area contributed by atoms with Gasteiger partial charge in [0.15, 0.2) is 5.96 Å². The molecule has 0 aromatic carbocycles. The standard InChI is InChI=1S/C18H31N5O/c1-4-19-17(21-10-8-16-7-5-6-9-20-16)22-15-18(2,3)23-11-13-24-14-12-23/h5-7,9H,4,8,10-15H2,1-3H3,(H2,19,21,22). The van der Waals surface area contributed by atoms with Gasteiger partial charge in [0, 0.05) is 50.0 Å². The summed E-state index contributed by atoms with van der Waals surface area (Å²) in [4.78, 5) is 11.6. The average molecular weight is 333 g/mol. The maximum absolute atomic E-state index is 5.45. The van der Waals surface area contributed by atoms with Crippen molar-refractivity contribution >= 4 is 5.96 Å². The molecule has 0 spiro atoms. The van der Waals surface area contributed by atoms with Gasteiger partial charge in [-0.25, -0.2) is 0 Å². The Labute approximate surface area is 145 Å². The molecule has 6 heteroatoms. The van der Waals surface area contributed by atoms with E-state index in [9.17, 15) is 0 Å². The van der Waals surface area contributed by atoms with E-state index in [0.717, 1.165) is 64.0 Å². The van der Waals surface area contributed by atoms with E-state index in [1.54, 1.807) is 0 Å². The molecule has 134 valence electrons. The summed E-state index contributed by atoms with van der Waals surface area (Å²) in [5, 5.41) is 6.72. The van der Waals surface area contributed by atoms with Crippen molar-refractivity contribution < 1.29 is 4.74 Å². The molecule has 1 fully saturated rings. The van der Waals surface area contributed by atoms with Gasteiger partial charge in [0.05, 0.1) is 19.8 Å². The van der Waals surface area contributed by atoms with Crippen LogP contribution in [-0.2, 0) is 11.2 Å². The molecule has 1 aliphatic rings. The highest BCUT2D eigenvalue weighted by molar-refractivity contribution is 5.79. The Hall–Kier alpha value is -1.66. The smallest absolute Gasteiger partial charge is 0.191 e. The number of ether oxygens (including phenoxy) is 1. The van der Waals surface area contributed by atoms with Crippen molar-refractivity contribution in [1.29, 1.82) is 0 Å². The zero-order valence-corrected chi connectivity index (χ0v) is 15.2. The van der Waals surface area contributed by atoms with E-state index in [1.807, 2.05) is 24.4 Å². The first-order valence-corrected chi connectivity index (χ1v) is 8.87. The zero-order chi connectivity index (χ0) is 17.3. The molecule has 1 aliphatic heterocycles. The lowest BCUT2D eigenvalue weighted by atomic mass is 10.0. The monoisotopic (exact) mass is 333 g/mol. The first-order valence-electron chi connectivity index (χ1n) is 8.87. The summed E-state index contributed by atoms with van der Waals surface area (Å²) in [5.41, 5.74) is 1.13. The summed E-state index contributed by atoms with van der Waals surface area (Å²) < 4.78 is 5.45. The number of pyridine rings is 1. The molecule has 0 amide bonds. The van der Waals surface area contributed by atoms with Gasteiger partial charge in [0.25, 0.3) is 0 Å². The molecular weight excluding hydrogens is 302 g/mol. The number of hydrogen-bond acceptors (Lipinski definition) is 4. The molecule has 2 rings (SSSR count). The second kappa shape index (κ2) is 9.59. The molecule has 0 aliphatic carbocycles. The van der Waals surface area contributed by atoms with E-state index in [2.05, 4.69) is 41.3 Å². The largest absolute Gasteiger partial charge is 0.379 e. The highest BCUT2D eigenvalue weighted by atomic mass is 16.5. The molecule has 1 aromatic rings. The summed E-state index contributed by atoms with van der Waals surface area (Å²) in [6.45, 7) is 12.6. The van der Waals surface area contributed by atoms with Gasteiger partial charge in [-0.2, -0.15) is 0 Å². The van der Waals surface area contributed by atoms with Crippen molar-refractivity contribution in [3.05, 3.63) is 30.1 Å². The summed E-state index contributed by atoms with van der Waals surface area (Å²) in [6, 6.07) is 6.01. The van der Waals surface area contributed by atoms with Crippen molar-refractivity contribution in [2.75, 3.05) is 45.9 Å². The number of rotatable bonds is 7. The lowest BCUT2D eigenvalue weighted by Gasteiger charge is -2.39. The van der Waals surface area contributed by atoms with Crippen molar-refractivity contribution in [3.63, 3.8) is 0 Å². The molecule has 0 radical (unpaired) electrons. The minimum absolute atomic E-state index is 0.0348. The van der Waals surface area contributed by atoms with Gasteiger partial charge in [-0.05, 0) is 32.9 Å². The Balaban J connectivity index is 1.84. The Kier molecular flexibility index (Phi) is 7.46. The van der Waals surface area contributed by atoms with E-state index in [-0.39, 0.29) is 5.54 Å². The van der Waals surface area contributed by atoms with Crippen LogP contribution in [0.15, 0.2) is 29.4 Å².